The second-order valence-electron chi connectivity index (χ2n) is 8.64. The molecule has 1 fully saturated rings. The molecule has 3 aliphatic heterocycles. The van der Waals surface area contributed by atoms with E-state index in [9.17, 15) is 9.18 Å². The van der Waals surface area contributed by atoms with Crippen LogP contribution in [0.15, 0.2) is 77.8 Å². The van der Waals surface area contributed by atoms with Gasteiger partial charge in [0.05, 0.1) is 29.1 Å². The molecule has 0 spiro atoms. The Hall–Kier alpha value is -2.22. The predicted molar refractivity (Wildman–Crippen MR) is 136 cm³/mol. The molecule has 1 amide bonds. The van der Waals surface area contributed by atoms with Crippen molar-refractivity contribution in [2.24, 2.45) is 0 Å². The summed E-state index contributed by atoms with van der Waals surface area (Å²) >= 11 is 0. The minimum absolute atomic E-state index is 0.0992. The van der Waals surface area contributed by atoms with Crippen LogP contribution in [0, 0.1) is 6.92 Å². The number of halogens is 1. The minimum Gasteiger partial charge on any atom is -0.358 e. The average molecular weight is 469 g/mol. The number of hydrogen-bond donors (Lipinski definition) is 1. The van der Waals surface area contributed by atoms with Crippen molar-refractivity contribution in [3.05, 3.63) is 88.9 Å². The highest BCUT2D eigenvalue weighted by Crippen LogP contribution is 2.41. The lowest BCUT2D eigenvalue weighted by atomic mass is 9.90. The first-order valence-electron chi connectivity index (χ1n) is 10.7. The van der Waals surface area contributed by atoms with Crippen molar-refractivity contribution in [2.45, 2.75) is 44.8 Å². The van der Waals surface area contributed by atoms with Gasteiger partial charge in [-0.15, -0.1) is 9.24 Å². The average Bonchev–Trinajstić information content (AvgIpc) is 2.94. The maximum atomic E-state index is 14.3. The molecular weight excluding hydrogens is 439 g/mol. The number of hydrogen-bond acceptors (Lipinski definition) is 3. The second kappa shape index (κ2) is 8.96. The van der Waals surface area contributed by atoms with Crippen LogP contribution in [0.1, 0.15) is 24.5 Å². The van der Waals surface area contributed by atoms with E-state index in [1.165, 1.54) is 5.56 Å². The monoisotopic (exact) mass is 469 g/mol. The number of amides is 1. The highest BCUT2D eigenvalue weighted by atomic mass is 31.0. The summed E-state index contributed by atoms with van der Waals surface area (Å²) < 4.78 is 14.3. The summed E-state index contributed by atoms with van der Waals surface area (Å²) in [6, 6.07) is 5.90. The molecule has 1 aromatic carbocycles. The third kappa shape index (κ3) is 4.09. The molecule has 7 heteroatoms. The minimum atomic E-state index is -1.08. The first kappa shape index (κ1) is 23.0. The number of fused-ring (bicyclic) bond motifs is 4. The predicted octanol–water partition coefficient (Wildman–Crippen LogP) is 3.84. The van der Waals surface area contributed by atoms with Gasteiger partial charge in [-0.1, -0.05) is 58.3 Å². The molecule has 0 aromatic heterocycles. The van der Waals surface area contributed by atoms with Gasteiger partial charge in [-0.25, -0.2) is 4.39 Å². The van der Waals surface area contributed by atoms with Crippen molar-refractivity contribution >= 4 is 29.7 Å². The van der Waals surface area contributed by atoms with Crippen LogP contribution < -0.4 is 10.6 Å². The van der Waals surface area contributed by atoms with Crippen molar-refractivity contribution in [2.75, 3.05) is 6.54 Å². The maximum absolute atomic E-state index is 14.3. The van der Waals surface area contributed by atoms with E-state index in [0.717, 1.165) is 34.3 Å². The number of carbonyl (C=O) groups is 1. The van der Waals surface area contributed by atoms with Crippen molar-refractivity contribution < 1.29 is 9.18 Å². The van der Waals surface area contributed by atoms with Crippen LogP contribution in [0.25, 0.3) is 0 Å². The molecule has 0 saturated carbocycles. The van der Waals surface area contributed by atoms with E-state index in [-0.39, 0.29) is 18.0 Å². The number of nitrogens with zero attached hydrogens (tertiary/aromatic N) is 2. The Balaban J connectivity index is 1.59. The van der Waals surface area contributed by atoms with Gasteiger partial charge in [-0.3, -0.25) is 4.79 Å². The zero-order valence-electron chi connectivity index (χ0n) is 18.6. The molecule has 5 atom stereocenters. The van der Waals surface area contributed by atoms with Gasteiger partial charge in [0, 0.05) is 19.3 Å². The van der Waals surface area contributed by atoms with Gasteiger partial charge in [-0.2, -0.15) is 0 Å². The molecule has 1 aromatic rings. The molecule has 32 heavy (non-hydrogen) atoms. The molecule has 4 rings (SSSR count). The van der Waals surface area contributed by atoms with Crippen LogP contribution in [0.5, 0.6) is 0 Å². The lowest BCUT2D eigenvalue weighted by Gasteiger charge is -2.48. The van der Waals surface area contributed by atoms with Gasteiger partial charge >= 0.3 is 0 Å². The van der Waals surface area contributed by atoms with Gasteiger partial charge in [0.2, 0.25) is 0 Å². The third-order valence-electron chi connectivity index (χ3n) is 6.49. The Morgan fingerprint density at radius 3 is 2.78 bits per heavy atom. The van der Waals surface area contributed by atoms with Crippen LogP contribution in [0.2, 0.25) is 0 Å². The van der Waals surface area contributed by atoms with E-state index in [4.69, 9.17) is 0 Å². The Labute approximate surface area is 194 Å². The Bertz CT molecular complexity index is 1090. The number of carbonyl (C=O) groups excluding carboxylic acids is 1. The highest BCUT2D eigenvalue weighted by Gasteiger charge is 2.40. The van der Waals surface area contributed by atoms with Crippen LogP contribution >= 0.6 is 18.5 Å². The number of aryl methyl sites for hydroxylation is 1. The number of rotatable bonds is 4. The summed E-state index contributed by atoms with van der Waals surface area (Å²) in [6.07, 6.45) is 6.62. The van der Waals surface area contributed by atoms with E-state index in [1.54, 1.807) is 0 Å². The molecule has 0 aliphatic carbocycles. The number of benzene rings is 1. The third-order valence-corrected chi connectivity index (χ3v) is 7.43. The number of allylic oxidation sites excluding steroid dienone is 1. The largest absolute Gasteiger partial charge is 0.358 e. The number of alkyl halides is 1. The molecule has 4 unspecified atom stereocenters. The fraction of sp³-hybridized carbons (Fsp3) is 0.320. The van der Waals surface area contributed by atoms with Gasteiger partial charge in [0.15, 0.2) is 0 Å². The molecule has 0 radical (unpaired) electrons. The first-order chi connectivity index (χ1) is 15.2. The van der Waals surface area contributed by atoms with Crippen molar-refractivity contribution in [3.8, 4) is 0 Å². The summed E-state index contributed by atoms with van der Waals surface area (Å²) in [5.41, 5.74) is 6.07. The van der Waals surface area contributed by atoms with Gasteiger partial charge < -0.3 is 15.1 Å². The normalized spacial score (nSPS) is 23.6. The van der Waals surface area contributed by atoms with Crippen molar-refractivity contribution in [1.29, 1.82) is 0 Å². The summed E-state index contributed by atoms with van der Waals surface area (Å²) in [6.45, 7) is 13.6. The van der Waals surface area contributed by atoms with Crippen LogP contribution in [0.3, 0.4) is 0 Å². The maximum Gasteiger partial charge on any atom is 0.253 e. The molecule has 1 saturated heterocycles. The fourth-order valence-corrected chi connectivity index (χ4v) is 5.42. The second-order valence-corrected chi connectivity index (χ2v) is 9.90. The highest BCUT2D eigenvalue weighted by molar-refractivity contribution is 7.27. The summed E-state index contributed by atoms with van der Waals surface area (Å²) in [5.74, 6) is -1.23. The molecule has 3 aliphatic rings. The lowest BCUT2D eigenvalue weighted by molar-refractivity contribution is -0.117. The lowest BCUT2D eigenvalue weighted by Crippen LogP contribution is -2.52. The van der Waals surface area contributed by atoms with E-state index >= 15 is 0 Å². The number of piperazine rings is 1. The Morgan fingerprint density at radius 1 is 1.34 bits per heavy atom. The van der Waals surface area contributed by atoms with Gasteiger partial charge in [0.1, 0.15) is 5.91 Å². The van der Waals surface area contributed by atoms with Crippen LogP contribution in [-0.4, -0.2) is 40.2 Å². The topological polar surface area (TPSA) is 35.6 Å². The molecule has 1 N–H and O–H groups in total. The summed E-state index contributed by atoms with van der Waals surface area (Å²) in [7, 11) is 4.99. The van der Waals surface area contributed by atoms with Crippen LogP contribution in [-0.2, 0) is 11.3 Å². The van der Waals surface area contributed by atoms with Gasteiger partial charge in [-0.05, 0) is 42.3 Å². The zero-order chi connectivity index (χ0) is 23.2. The molecule has 4 nitrogen and oxygen atoms in total. The van der Waals surface area contributed by atoms with Crippen molar-refractivity contribution in [1.82, 2.24) is 15.1 Å². The first-order valence-corrected chi connectivity index (χ1v) is 12.0. The zero-order valence-corrected chi connectivity index (χ0v) is 20.9. The number of nitrogens with one attached hydrogen (secondary N) is 1. The summed E-state index contributed by atoms with van der Waals surface area (Å²) in [5, 5.41) is 4.12. The fourth-order valence-electron chi connectivity index (χ4n) is 4.62. The smallest absolute Gasteiger partial charge is 0.253 e. The standard InChI is InChI=1S/C25H30FN3OP2/c1-14-8-9-18(22(31)10-14)11-27-25(30)20-13-29-19-6-5-7-21(24(26)32)28(12-19)17(4)23(29)16(3)15(20)2/h5,7-10,13,19,21,24H,2,4,6,11-12,31-32H2,1,3H3,(H,27,30)/t19-,21?,24?/m0/s1. The van der Waals surface area contributed by atoms with E-state index in [2.05, 4.69) is 47.9 Å². The molecular formula is C25H30FN3OP2. The van der Waals surface area contributed by atoms with Crippen molar-refractivity contribution in [3.63, 3.8) is 0 Å². The Morgan fingerprint density at radius 2 is 2.09 bits per heavy atom. The Kier molecular flexibility index (Phi) is 6.43. The van der Waals surface area contributed by atoms with E-state index in [1.807, 2.05) is 49.2 Å². The quantitative estimate of drug-likeness (QED) is 0.538. The molecule has 2 bridgehead atoms. The van der Waals surface area contributed by atoms with Crippen LogP contribution in [0.4, 0.5) is 4.39 Å². The van der Waals surface area contributed by atoms with Gasteiger partial charge in [0.25, 0.3) is 5.91 Å². The van der Waals surface area contributed by atoms with E-state index in [0.29, 0.717) is 24.2 Å². The summed E-state index contributed by atoms with van der Waals surface area (Å²) in [4.78, 5) is 17.3. The molecule has 3 heterocycles. The van der Waals surface area contributed by atoms with E-state index < -0.39 is 5.91 Å². The molecule has 168 valence electrons. The SMILES string of the molecule is C=C1C(C(=O)NCc2ccc(C)cc2P)=CN2C(=C1C)C(=C)N1C[C@@H]2CC=CC1C(F)P.